The second kappa shape index (κ2) is 4.65. The molecule has 0 aromatic carbocycles. The maximum Gasteiger partial charge on any atom is 0.293 e. The van der Waals surface area contributed by atoms with Crippen LogP contribution in [0.15, 0.2) is 17.2 Å². The first kappa shape index (κ1) is 11.1. The second-order valence-corrected chi connectivity index (χ2v) is 4.25. The lowest BCUT2D eigenvalue weighted by molar-refractivity contribution is 0.183. The molecule has 2 atom stereocenters. The maximum absolute atomic E-state index is 11.7. The Morgan fingerprint density at radius 3 is 3.19 bits per heavy atom. The summed E-state index contributed by atoms with van der Waals surface area (Å²) < 4.78 is 6.85. The van der Waals surface area contributed by atoms with Crippen LogP contribution in [0.4, 0.5) is 5.82 Å². The van der Waals surface area contributed by atoms with Crippen molar-refractivity contribution in [2.45, 2.75) is 19.4 Å². The molecule has 5 nitrogen and oxygen atoms in total. The Morgan fingerprint density at radius 2 is 2.50 bits per heavy atom. The van der Waals surface area contributed by atoms with Gasteiger partial charge in [-0.2, -0.15) is 0 Å². The second-order valence-electron chi connectivity index (χ2n) is 4.25. The summed E-state index contributed by atoms with van der Waals surface area (Å²) in [5.41, 5.74) is -0.0896. The molecule has 2 unspecified atom stereocenters. The third-order valence-electron chi connectivity index (χ3n) is 3.05. The molecular weight excluding hydrogens is 206 g/mol. The number of rotatable bonds is 3. The van der Waals surface area contributed by atoms with Gasteiger partial charge in [0.2, 0.25) is 0 Å². The van der Waals surface area contributed by atoms with E-state index in [0.717, 1.165) is 19.6 Å². The molecule has 0 saturated carbocycles. The van der Waals surface area contributed by atoms with Crippen LogP contribution in [0.1, 0.15) is 13.3 Å². The van der Waals surface area contributed by atoms with Gasteiger partial charge in [0.15, 0.2) is 5.82 Å². The van der Waals surface area contributed by atoms with Crippen LogP contribution in [0.25, 0.3) is 0 Å². The zero-order valence-corrected chi connectivity index (χ0v) is 9.64. The summed E-state index contributed by atoms with van der Waals surface area (Å²) in [4.78, 5) is 15.8. The summed E-state index contributed by atoms with van der Waals surface area (Å²) in [6.45, 7) is 3.64. The SMILES string of the molecule is CC(Nc1nccn(C)c1=O)C1CCOC1. The number of anilines is 1. The number of aromatic nitrogens is 2. The van der Waals surface area contributed by atoms with Crippen molar-refractivity contribution in [3.63, 3.8) is 0 Å². The number of hydrogen-bond donors (Lipinski definition) is 1. The molecule has 0 bridgehead atoms. The van der Waals surface area contributed by atoms with Gasteiger partial charge in [0.25, 0.3) is 5.56 Å². The van der Waals surface area contributed by atoms with E-state index in [1.54, 1.807) is 19.4 Å². The topological polar surface area (TPSA) is 56.2 Å². The highest BCUT2D eigenvalue weighted by Gasteiger charge is 2.23. The normalized spacial score (nSPS) is 22.0. The molecule has 2 rings (SSSR count). The molecule has 0 spiro atoms. The Labute approximate surface area is 94.5 Å². The van der Waals surface area contributed by atoms with Gasteiger partial charge in [0, 0.05) is 38.0 Å². The molecule has 0 amide bonds. The molecule has 0 radical (unpaired) electrons. The summed E-state index contributed by atoms with van der Waals surface area (Å²) in [7, 11) is 1.72. The lowest BCUT2D eigenvalue weighted by Crippen LogP contribution is -2.31. The number of nitrogens with one attached hydrogen (secondary N) is 1. The van der Waals surface area contributed by atoms with E-state index in [-0.39, 0.29) is 11.6 Å². The van der Waals surface area contributed by atoms with Crippen LogP contribution < -0.4 is 10.9 Å². The van der Waals surface area contributed by atoms with Gasteiger partial charge in [-0.3, -0.25) is 4.79 Å². The Balaban J connectivity index is 2.08. The Kier molecular flexibility index (Phi) is 3.24. The minimum atomic E-state index is -0.0896. The van der Waals surface area contributed by atoms with Crippen molar-refractivity contribution < 1.29 is 4.74 Å². The highest BCUT2D eigenvalue weighted by atomic mass is 16.5. The van der Waals surface area contributed by atoms with Gasteiger partial charge in [-0.1, -0.05) is 0 Å². The zero-order chi connectivity index (χ0) is 11.5. The molecule has 16 heavy (non-hydrogen) atoms. The molecule has 88 valence electrons. The van der Waals surface area contributed by atoms with Gasteiger partial charge in [-0.05, 0) is 13.3 Å². The van der Waals surface area contributed by atoms with Gasteiger partial charge in [-0.15, -0.1) is 0 Å². The van der Waals surface area contributed by atoms with Crippen LogP contribution in [0, 0.1) is 5.92 Å². The van der Waals surface area contributed by atoms with Crippen LogP contribution in [0.3, 0.4) is 0 Å². The third kappa shape index (κ3) is 2.24. The van der Waals surface area contributed by atoms with Crippen molar-refractivity contribution in [2.24, 2.45) is 13.0 Å². The highest BCUT2D eigenvalue weighted by Crippen LogP contribution is 2.18. The highest BCUT2D eigenvalue weighted by molar-refractivity contribution is 5.32. The lowest BCUT2D eigenvalue weighted by Gasteiger charge is -2.19. The van der Waals surface area contributed by atoms with Crippen molar-refractivity contribution >= 4 is 5.82 Å². The van der Waals surface area contributed by atoms with E-state index in [9.17, 15) is 4.79 Å². The number of hydrogen-bond acceptors (Lipinski definition) is 4. The average Bonchev–Trinajstić information content (AvgIpc) is 2.78. The fourth-order valence-corrected chi connectivity index (χ4v) is 1.88. The summed E-state index contributed by atoms with van der Waals surface area (Å²) in [6, 6.07) is 0.213. The molecule has 1 N–H and O–H groups in total. The average molecular weight is 223 g/mol. The van der Waals surface area contributed by atoms with E-state index in [1.807, 2.05) is 0 Å². The standard InChI is InChI=1S/C11H17N3O2/c1-8(9-3-6-16-7-9)13-10-11(15)14(2)5-4-12-10/h4-5,8-9H,3,6-7H2,1-2H3,(H,12,13). The maximum atomic E-state index is 11.7. The zero-order valence-electron chi connectivity index (χ0n) is 9.64. The number of aryl methyl sites for hydroxylation is 1. The minimum Gasteiger partial charge on any atom is -0.381 e. The first-order valence-corrected chi connectivity index (χ1v) is 5.54. The van der Waals surface area contributed by atoms with Gasteiger partial charge in [0.1, 0.15) is 0 Å². The fraction of sp³-hybridized carbons (Fsp3) is 0.636. The van der Waals surface area contributed by atoms with Gasteiger partial charge in [0.05, 0.1) is 6.61 Å². The lowest BCUT2D eigenvalue weighted by atomic mass is 10.0. The molecule has 1 fully saturated rings. The molecule has 1 aromatic heterocycles. The predicted molar refractivity (Wildman–Crippen MR) is 61.5 cm³/mol. The van der Waals surface area contributed by atoms with Crippen molar-refractivity contribution in [2.75, 3.05) is 18.5 Å². The van der Waals surface area contributed by atoms with E-state index < -0.39 is 0 Å². The van der Waals surface area contributed by atoms with Crippen molar-refractivity contribution in [3.05, 3.63) is 22.7 Å². The molecule has 2 heterocycles. The predicted octanol–water partition coefficient (Wildman–Crippen LogP) is 0.617. The van der Waals surface area contributed by atoms with E-state index in [0.29, 0.717) is 11.7 Å². The summed E-state index contributed by atoms with van der Waals surface area (Å²) in [6.07, 6.45) is 4.32. The monoisotopic (exact) mass is 223 g/mol. The Morgan fingerprint density at radius 1 is 1.69 bits per heavy atom. The Bertz CT molecular complexity index is 410. The minimum absolute atomic E-state index is 0.0896. The number of nitrogens with zero attached hydrogens (tertiary/aromatic N) is 2. The summed E-state index contributed by atoms with van der Waals surface area (Å²) >= 11 is 0. The fourth-order valence-electron chi connectivity index (χ4n) is 1.88. The van der Waals surface area contributed by atoms with Gasteiger partial charge < -0.3 is 14.6 Å². The molecule has 5 heteroatoms. The molecule has 1 aliphatic rings. The van der Waals surface area contributed by atoms with E-state index in [1.165, 1.54) is 4.57 Å². The van der Waals surface area contributed by atoms with Gasteiger partial charge in [-0.25, -0.2) is 4.98 Å². The van der Waals surface area contributed by atoms with E-state index in [4.69, 9.17) is 4.74 Å². The molecule has 1 saturated heterocycles. The molecule has 0 aliphatic carbocycles. The molecule has 1 aromatic rings. The first-order chi connectivity index (χ1) is 7.68. The van der Waals surface area contributed by atoms with Crippen LogP contribution in [-0.2, 0) is 11.8 Å². The van der Waals surface area contributed by atoms with Crippen LogP contribution in [-0.4, -0.2) is 28.8 Å². The van der Waals surface area contributed by atoms with Gasteiger partial charge >= 0.3 is 0 Å². The first-order valence-electron chi connectivity index (χ1n) is 5.54. The molecular formula is C11H17N3O2. The smallest absolute Gasteiger partial charge is 0.293 e. The van der Waals surface area contributed by atoms with E-state index in [2.05, 4.69) is 17.2 Å². The van der Waals surface area contributed by atoms with Crippen molar-refractivity contribution in [1.82, 2.24) is 9.55 Å². The third-order valence-corrected chi connectivity index (χ3v) is 3.05. The quantitative estimate of drug-likeness (QED) is 0.816. The molecule has 1 aliphatic heterocycles. The number of ether oxygens (including phenoxy) is 1. The Hall–Kier alpha value is -1.36. The largest absolute Gasteiger partial charge is 0.381 e. The van der Waals surface area contributed by atoms with Crippen molar-refractivity contribution in [3.8, 4) is 0 Å². The van der Waals surface area contributed by atoms with Crippen LogP contribution >= 0.6 is 0 Å². The van der Waals surface area contributed by atoms with Crippen LogP contribution in [0.5, 0.6) is 0 Å². The van der Waals surface area contributed by atoms with Crippen LogP contribution in [0.2, 0.25) is 0 Å². The van der Waals surface area contributed by atoms with Crippen molar-refractivity contribution in [1.29, 1.82) is 0 Å². The summed E-state index contributed by atoms with van der Waals surface area (Å²) in [5, 5.41) is 3.17. The van der Waals surface area contributed by atoms with E-state index >= 15 is 0 Å². The summed E-state index contributed by atoms with van der Waals surface area (Å²) in [5.74, 6) is 0.885.